The first-order valence-electron chi connectivity index (χ1n) is 7.46. The lowest BCUT2D eigenvalue weighted by Gasteiger charge is -2.34. The highest BCUT2D eigenvalue weighted by atomic mass is 35.5. The molecule has 1 fully saturated rings. The van der Waals surface area contributed by atoms with Gasteiger partial charge in [-0.2, -0.15) is 0 Å². The van der Waals surface area contributed by atoms with Gasteiger partial charge < -0.3 is 10.2 Å². The summed E-state index contributed by atoms with van der Waals surface area (Å²) in [7, 11) is -2.02. The molecule has 1 saturated heterocycles. The third kappa shape index (κ3) is 5.17. The Hall–Kier alpha value is -1.15. The number of halogens is 1. The van der Waals surface area contributed by atoms with Crippen molar-refractivity contribution in [3.8, 4) is 0 Å². The number of nitrogens with one attached hydrogen (secondary N) is 2. The summed E-state index contributed by atoms with van der Waals surface area (Å²) in [6.45, 7) is 4.47. The summed E-state index contributed by atoms with van der Waals surface area (Å²) in [5, 5.41) is 3.26. The fraction of sp³-hybridized carbons (Fsp3) is 0.533. The Kier molecular flexibility index (Phi) is 7.47. The second-order valence-electron chi connectivity index (χ2n) is 5.49. The summed E-state index contributed by atoms with van der Waals surface area (Å²) >= 11 is 0. The number of rotatable bonds is 5. The number of carbonyl (C=O) groups excluding carboxylic acids is 1. The summed E-state index contributed by atoms with van der Waals surface area (Å²) in [6.07, 6.45) is 1.07. The molecule has 23 heavy (non-hydrogen) atoms. The topological polar surface area (TPSA) is 78.5 Å². The fourth-order valence-electron chi connectivity index (χ4n) is 2.56. The second-order valence-corrected chi connectivity index (χ2v) is 7.38. The van der Waals surface area contributed by atoms with Crippen LogP contribution >= 0.6 is 12.4 Å². The predicted octanol–water partition coefficient (Wildman–Crippen LogP) is 0.769. The van der Waals surface area contributed by atoms with Crippen molar-refractivity contribution in [2.45, 2.75) is 30.7 Å². The van der Waals surface area contributed by atoms with Gasteiger partial charge in [0.05, 0.1) is 4.90 Å². The minimum absolute atomic E-state index is 0. The summed E-state index contributed by atoms with van der Waals surface area (Å²) in [5.74, 6) is 0.154. The Morgan fingerprint density at radius 3 is 2.57 bits per heavy atom. The Balaban J connectivity index is 0.00000264. The van der Waals surface area contributed by atoms with Crippen molar-refractivity contribution in [1.82, 2.24) is 14.9 Å². The number of sulfonamides is 1. The number of benzene rings is 1. The molecule has 0 bridgehead atoms. The Morgan fingerprint density at radius 2 is 2.00 bits per heavy atom. The summed E-state index contributed by atoms with van der Waals surface area (Å²) < 4.78 is 25.6. The van der Waals surface area contributed by atoms with Crippen LogP contribution in [0.4, 0.5) is 0 Å². The maximum atomic E-state index is 12.2. The lowest BCUT2D eigenvalue weighted by atomic mass is 10.1. The minimum atomic E-state index is -3.40. The number of carbonyl (C=O) groups is 1. The van der Waals surface area contributed by atoms with Crippen LogP contribution in [-0.4, -0.2) is 51.9 Å². The van der Waals surface area contributed by atoms with Gasteiger partial charge in [-0.05, 0) is 38.1 Å². The van der Waals surface area contributed by atoms with E-state index >= 15 is 0 Å². The number of piperazine rings is 1. The van der Waals surface area contributed by atoms with E-state index in [0.717, 1.165) is 25.2 Å². The monoisotopic (exact) mass is 361 g/mol. The molecule has 1 aromatic carbocycles. The first-order chi connectivity index (χ1) is 10.4. The molecule has 1 amide bonds. The molecule has 0 aliphatic carbocycles. The molecule has 1 aliphatic rings. The zero-order valence-corrected chi connectivity index (χ0v) is 15.0. The highest BCUT2D eigenvalue weighted by Gasteiger charge is 2.22. The number of amides is 1. The zero-order valence-electron chi connectivity index (χ0n) is 13.4. The number of aryl methyl sites for hydroxylation is 1. The van der Waals surface area contributed by atoms with E-state index in [0.29, 0.717) is 12.8 Å². The molecule has 0 saturated carbocycles. The van der Waals surface area contributed by atoms with E-state index in [1.165, 1.54) is 7.05 Å². The molecule has 2 rings (SSSR count). The molecule has 1 aliphatic heterocycles. The van der Waals surface area contributed by atoms with Gasteiger partial charge in [0.15, 0.2) is 0 Å². The number of hydrogen-bond donors (Lipinski definition) is 2. The van der Waals surface area contributed by atoms with E-state index in [2.05, 4.69) is 10.0 Å². The average Bonchev–Trinajstić information content (AvgIpc) is 2.53. The molecule has 2 N–H and O–H groups in total. The van der Waals surface area contributed by atoms with Gasteiger partial charge in [0, 0.05) is 32.1 Å². The Morgan fingerprint density at radius 1 is 1.35 bits per heavy atom. The van der Waals surface area contributed by atoms with Crippen LogP contribution in [0.25, 0.3) is 0 Å². The quantitative estimate of drug-likeness (QED) is 0.812. The molecule has 8 heteroatoms. The average molecular weight is 362 g/mol. The molecule has 0 aromatic heterocycles. The van der Waals surface area contributed by atoms with Gasteiger partial charge in [-0.3, -0.25) is 4.79 Å². The van der Waals surface area contributed by atoms with Crippen molar-refractivity contribution >= 4 is 28.3 Å². The lowest BCUT2D eigenvalue weighted by Crippen LogP contribution is -2.52. The largest absolute Gasteiger partial charge is 0.337 e. The number of hydrogen-bond acceptors (Lipinski definition) is 4. The Bertz CT molecular complexity index is 619. The van der Waals surface area contributed by atoms with E-state index in [1.807, 2.05) is 11.8 Å². The van der Waals surface area contributed by atoms with Crippen molar-refractivity contribution in [3.63, 3.8) is 0 Å². The van der Waals surface area contributed by atoms with E-state index in [1.54, 1.807) is 24.3 Å². The molecular weight excluding hydrogens is 338 g/mol. The maximum absolute atomic E-state index is 12.2. The van der Waals surface area contributed by atoms with Crippen molar-refractivity contribution in [1.29, 1.82) is 0 Å². The highest BCUT2D eigenvalue weighted by molar-refractivity contribution is 7.89. The van der Waals surface area contributed by atoms with Crippen LogP contribution in [0.2, 0.25) is 0 Å². The van der Waals surface area contributed by atoms with Gasteiger partial charge in [0.1, 0.15) is 0 Å². The normalized spacial score (nSPS) is 18.3. The van der Waals surface area contributed by atoms with Crippen molar-refractivity contribution < 1.29 is 13.2 Å². The van der Waals surface area contributed by atoms with Gasteiger partial charge in [0.25, 0.3) is 0 Å². The van der Waals surface area contributed by atoms with E-state index < -0.39 is 10.0 Å². The van der Waals surface area contributed by atoms with Crippen LogP contribution in [-0.2, 0) is 21.2 Å². The van der Waals surface area contributed by atoms with E-state index in [9.17, 15) is 13.2 Å². The smallest absolute Gasteiger partial charge is 0.240 e. The first-order valence-corrected chi connectivity index (χ1v) is 8.95. The van der Waals surface area contributed by atoms with Gasteiger partial charge in [-0.15, -0.1) is 12.4 Å². The van der Waals surface area contributed by atoms with Crippen molar-refractivity contribution in [2.75, 3.05) is 26.7 Å². The summed E-state index contributed by atoms with van der Waals surface area (Å²) in [6, 6.07) is 6.89. The van der Waals surface area contributed by atoms with Crippen molar-refractivity contribution in [3.05, 3.63) is 29.8 Å². The van der Waals surface area contributed by atoms with Crippen LogP contribution < -0.4 is 10.0 Å². The molecule has 0 spiro atoms. The van der Waals surface area contributed by atoms with Crippen LogP contribution in [0.5, 0.6) is 0 Å². The lowest BCUT2D eigenvalue weighted by molar-refractivity contribution is -0.133. The molecule has 130 valence electrons. The zero-order chi connectivity index (χ0) is 16.2. The summed E-state index contributed by atoms with van der Waals surface area (Å²) in [4.78, 5) is 14.4. The standard InChI is InChI=1S/C15H23N3O3S.ClH/c1-12-11-17-9-10-18(12)15(19)8-5-13-3-6-14(7-4-13)22(20,21)16-2;/h3-4,6-7,12,16-17H,5,8-11H2,1-2H3;1H. The molecule has 1 unspecified atom stereocenters. The molecule has 0 radical (unpaired) electrons. The van der Waals surface area contributed by atoms with Crippen LogP contribution in [0, 0.1) is 0 Å². The molecule has 6 nitrogen and oxygen atoms in total. The summed E-state index contributed by atoms with van der Waals surface area (Å²) in [5.41, 5.74) is 0.964. The van der Waals surface area contributed by atoms with Crippen LogP contribution in [0.1, 0.15) is 18.9 Å². The third-order valence-electron chi connectivity index (χ3n) is 3.95. The molecule has 1 atom stereocenters. The highest BCUT2D eigenvalue weighted by Crippen LogP contribution is 2.13. The number of nitrogens with zero attached hydrogens (tertiary/aromatic N) is 1. The van der Waals surface area contributed by atoms with Gasteiger partial charge >= 0.3 is 0 Å². The SMILES string of the molecule is CNS(=O)(=O)c1ccc(CCC(=O)N2CCNCC2C)cc1.Cl. The molecule has 1 aromatic rings. The van der Waals surface area contributed by atoms with Crippen LogP contribution in [0.15, 0.2) is 29.2 Å². The van der Waals surface area contributed by atoms with Gasteiger partial charge in [-0.25, -0.2) is 13.1 Å². The predicted molar refractivity (Wildman–Crippen MR) is 92.3 cm³/mol. The second kappa shape index (κ2) is 8.63. The maximum Gasteiger partial charge on any atom is 0.240 e. The molecule has 1 heterocycles. The van der Waals surface area contributed by atoms with Crippen LogP contribution in [0.3, 0.4) is 0 Å². The first kappa shape index (κ1) is 19.9. The van der Waals surface area contributed by atoms with Gasteiger partial charge in [-0.1, -0.05) is 12.1 Å². The van der Waals surface area contributed by atoms with E-state index in [-0.39, 0.29) is 29.3 Å². The van der Waals surface area contributed by atoms with Crippen molar-refractivity contribution in [2.24, 2.45) is 0 Å². The van der Waals surface area contributed by atoms with E-state index in [4.69, 9.17) is 0 Å². The fourth-order valence-corrected chi connectivity index (χ4v) is 3.29. The third-order valence-corrected chi connectivity index (χ3v) is 5.38. The molecular formula is C15H24ClN3O3S. The van der Waals surface area contributed by atoms with Gasteiger partial charge in [0.2, 0.25) is 15.9 Å². The Labute approximate surface area is 144 Å². The minimum Gasteiger partial charge on any atom is -0.337 e.